The number of rotatable bonds is 6. The first-order valence-corrected chi connectivity index (χ1v) is 15.5. The van der Waals surface area contributed by atoms with Gasteiger partial charge in [-0.1, -0.05) is 49.3 Å². The van der Waals surface area contributed by atoms with Crippen molar-refractivity contribution in [2.75, 3.05) is 6.61 Å². The lowest BCUT2D eigenvalue weighted by atomic mass is 10.2. The van der Waals surface area contributed by atoms with Gasteiger partial charge in [0.15, 0.2) is 13.4 Å². The largest absolute Gasteiger partial charge is 0.427 e. The molecule has 6 nitrogen and oxygen atoms in total. The maximum Gasteiger partial charge on any atom is 0.427 e. The van der Waals surface area contributed by atoms with Gasteiger partial charge in [-0.25, -0.2) is 17.9 Å². The van der Waals surface area contributed by atoms with Crippen LogP contribution in [-0.2, 0) is 19.2 Å². The summed E-state index contributed by atoms with van der Waals surface area (Å²) in [4.78, 5) is 13.0. The van der Waals surface area contributed by atoms with Crippen LogP contribution >= 0.6 is 21.6 Å². The molecule has 0 spiro atoms. The first-order chi connectivity index (χ1) is 13.3. The Hall–Kier alpha value is -1.20. The van der Waals surface area contributed by atoms with E-state index >= 15 is 0 Å². The Kier molecular flexibility index (Phi) is 7.72. The number of sulfonamides is 1. The van der Waals surface area contributed by atoms with Crippen molar-refractivity contribution in [3.63, 3.8) is 0 Å². The minimum Gasteiger partial charge on any atom is -0.412 e. The molecule has 1 N–H and O–H groups in total. The van der Waals surface area contributed by atoms with Crippen molar-refractivity contribution in [3.05, 3.63) is 52.0 Å². The topological polar surface area (TPSA) is 81.7 Å². The van der Waals surface area contributed by atoms with E-state index in [2.05, 4.69) is 33.9 Å². The Bertz CT molecular complexity index is 916. The van der Waals surface area contributed by atoms with Crippen molar-refractivity contribution in [1.29, 1.82) is 0 Å². The normalized spacial score (nSPS) is 15.4. The molecule has 1 aliphatic rings. The summed E-state index contributed by atoms with van der Waals surface area (Å²) in [6.07, 6.45) is 2.42. The minimum absolute atomic E-state index is 0.00432. The maximum absolute atomic E-state index is 12.2. The highest BCUT2D eigenvalue weighted by molar-refractivity contribution is 8.79. The first kappa shape index (κ1) is 24.1. The van der Waals surface area contributed by atoms with Gasteiger partial charge in [0.25, 0.3) is 10.0 Å². The number of carbonyl (C=O) groups is 1. The monoisotopic (exact) mass is 473 g/mol. The third kappa shape index (κ3) is 6.92. The van der Waals surface area contributed by atoms with Crippen LogP contribution in [0.2, 0.25) is 18.1 Å². The molecule has 0 saturated heterocycles. The Morgan fingerprint density at radius 2 is 1.72 bits per heavy atom. The average Bonchev–Trinajstić information content (AvgIpc) is 2.60. The second-order valence-electron chi connectivity index (χ2n) is 8.14. The van der Waals surface area contributed by atoms with Crippen LogP contribution in [0.25, 0.3) is 0 Å². The van der Waals surface area contributed by atoms with Gasteiger partial charge in [0.05, 0.1) is 11.5 Å². The van der Waals surface area contributed by atoms with Crippen molar-refractivity contribution in [2.24, 2.45) is 0 Å². The van der Waals surface area contributed by atoms with E-state index in [0.29, 0.717) is 11.7 Å². The number of benzene rings is 1. The van der Waals surface area contributed by atoms with Crippen LogP contribution in [0.4, 0.5) is 4.79 Å². The standard InChI is InChI=1S/C19H27NO5S3Si/c1-14-7-10-16(11-8-14)28(22,23)20-18(21)25-17-12-9-15(26-27-17)13-24-29(5,6)19(2,3)4/h7-12H,13H2,1-6H3,(H,20,21). The van der Waals surface area contributed by atoms with Crippen LogP contribution in [0, 0.1) is 6.92 Å². The number of allylic oxidation sites excluding steroid dienone is 2. The van der Waals surface area contributed by atoms with Gasteiger partial charge in [0.1, 0.15) is 0 Å². The zero-order valence-corrected chi connectivity index (χ0v) is 20.9. The molecule has 29 heavy (non-hydrogen) atoms. The lowest BCUT2D eigenvalue weighted by Gasteiger charge is -2.36. The van der Waals surface area contributed by atoms with Gasteiger partial charge in [-0.15, -0.1) is 0 Å². The fourth-order valence-corrected chi connectivity index (χ4v) is 5.63. The van der Waals surface area contributed by atoms with E-state index in [1.807, 2.05) is 17.7 Å². The third-order valence-corrected chi connectivity index (χ3v) is 12.9. The van der Waals surface area contributed by atoms with Crippen LogP contribution < -0.4 is 4.72 Å². The molecule has 10 heteroatoms. The molecular formula is C19H27NO5S3Si. The summed E-state index contributed by atoms with van der Waals surface area (Å²) in [5, 5.41) is 0.438. The van der Waals surface area contributed by atoms with Gasteiger partial charge < -0.3 is 9.16 Å². The molecule has 0 radical (unpaired) electrons. The van der Waals surface area contributed by atoms with E-state index in [4.69, 9.17) is 9.16 Å². The summed E-state index contributed by atoms with van der Waals surface area (Å²) in [6, 6.07) is 6.20. The fraction of sp³-hybridized carbons (Fsp3) is 0.421. The summed E-state index contributed by atoms with van der Waals surface area (Å²) < 4.78 is 37.7. The predicted molar refractivity (Wildman–Crippen MR) is 122 cm³/mol. The molecule has 1 heterocycles. The Labute approximate surface area is 182 Å². The summed E-state index contributed by atoms with van der Waals surface area (Å²) in [5.41, 5.74) is 0.924. The average molecular weight is 474 g/mol. The number of hydrogen-bond donors (Lipinski definition) is 1. The van der Waals surface area contributed by atoms with Gasteiger partial charge in [0, 0.05) is 4.91 Å². The quantitative estimate of drug-likeness (QED) is 0.428. The highest BCUT2D eigenvalue weighted by Gasteiger charge is 2.37. The molecule has 0 saturated carbocycles. The molecule has 2 rings (SSSR count). The Morgan fingerprint density at radius 1 is 1.10 bits per heavy atom. The molecule has 0 aromatic heterocycles. The third-order valence-electron chi connectivity index (χ3n) is 4.76. The molecule has 0 unspecified atom stereocenters. The second kappa shape index (κ2) is 9.30. The second-order valence-corrected chi connectivity index (χ2v) is 16.9. The van der Waals surface area contributed by atoms with Crippen molar-refractivity contribution in [1.82, 2.24) is 4.72 Å². The molecule has 0 atom stereocenters. The fourth-order valence-electron chi connectivity index (χ4n) is 1.90. The number of hydrogen-bond acceptors (Lipinski definition) is 7. The van der Waals surface area contributed by atoms with E-state index in [9.17, 15) is 13.2 Å². The lowest BCUT2D eigenvalue weighted by molar-refractivity contribution is 0.189. The molecule has 1 aliphatic heterocycles. The molecular weight excluding hydrogens is 446 g/mol. The number of aryl methyl sites for hydroxylation is 1. The van der Waals surface area contributed by atoms with Crippen molar-refractivity contribution in [2.45, 2.75) is 50.7 Å². The molecule has 0 fully saturated rings. The van der Waals surface area contributed by atoms with E-state index in [1.165, 1.54) is 33.7 Å². The van der Waals surface area contributed by atoms with Crippen LogP contribution in [0.5, 0.6) is 0 Å². The van der Waals surface area contributed by atoms with Gasteiger partial charge in [-0.05, 0) is 60.1 Å². The zero-order valence-electron chi connectivity index (χ0n) is 17.4. The van der Waals surface area contributed by atoms with Gasteiger partial charge >= 0.3 is 6.09 Å². The Balaban J connectivity index is 1.93. The van der Waals surface area contributed by atoms with E-state index in [1.54, 1.807) is 18.2 Å². The van der Waals surface area contributed by atoms with Crippen molar-refractivity contribution < 1.29 is 22.4 Å². The minimum atomic E-state index is -3.98. The number of nitrogens with one attached hydrogen (secondary N) is 1. The van der Waals surface area contributed by atoms with Crippen LogP contribution in [0.3, 0.4) is 0 Å². The summed E-state index contributed by atoms with van der Waals surface area (Å²) >= 11 is 0. The lowest BCUT2D eigenvalue weighted by Crippen LogP contribution is -2.41. The van der Waals surface area contributed by atoms with Gasteiger partial charge in [0.2, 0.25) is 0 Å². The SMILES string of the molecule is Cc1ccc(S(=O)(=O)NC(=O)OC2=CC=C(CO[Si](C)(C)C(C)(C)C)SS2)cc1. The van der Waals surface area contributed by atoms with E-state index in [0.717, 1.165) is 10.5 Å². The highest BCUT2D eigenvalue weighted by atomic mass is 33.1. The van der Waals surface area contributed by atoms with Crippen LogP contribution in [-0.4, -0.2) is 29.4 Å². The molecule has 0 aliphatic carbocycles. The number of ether oxygens (including phenoxy) is 1. The van der Waals surface area contributed by atoms with E-state index in [-0.39, 0.29) is 9.93 Å². The number of carbonyl (C=O) groups excluding carboxylic acids is 1. The summed E-state index contributed by atoms with van der Waals surface area (Å²) in [6.45, 7) is 13.3. The van der Waals surface area contributed by atoms with Crippen molar-refractivity contribution >= 4 is 46.0 Å². The molecule has 1 aromatic rings. The molecule has 160 valence electrons. The van der Waals surface area contributed by atoms with Crippen molar-refractivity contribution in [3.8, 4) is 0 Å². The number of amides is 1. The molecule has 0 bridgehead atoms. The van der Waals surface area contributed by atoms with E-state index < -0.39 is 24.4 Å². The molecule has 1 amide bonds. The van der Waals surface area contributed by atoms with Gasteiger partial charge in [-0.3, -0.25) is 0 Å². The van der Waals surface area contributed by atoms with Gasteiger partial charge in [-0.2, -0.15) is 0 Å². The first-order valence-electron chi connectivity index (χ1n) is 9.01. The maximum atomic E-state index is 12.2. The highest BCUT2D eigenvalue weighted by Crippen LogP contribution is 2.42. The smallest absolute Gasteiger partial charge is 0.412 e. The Morgan fingerprint density at radius 3 is 2.24 bits per heavy atom. The summed E-state index contributed by atoms with van der Waals surface area (Å²) in [5.74, 6) is 0. The zero-order chi connectivity index (χ0) is 21.9. The molecule has 1 aromatic carbocycles. The van der Waals surface area contributed by atoms with Crippen LogP contribution in [0.1, 0.15) is 26.3 Å². The van der Waals surface area contributed by atoms with Crippen LogP contribution in [0.15, 0.2) is 51.3 Å². The summed E-state index contributed by atoms with van der Waals surface area (Å²) in [7, 11) is -3.14. The predicted octanol–water partition coefficient (Wildman–Crippen LogP) is 5.55.